The van der Waals surface area contributed by atoms with Crippen molar-refractivity contribution in [2.24, 2.45) is 5.92 Å². The van der Waals surface area contributed by atoms with Gasteiger partial charge in [0.25, 0.3) is 5.92 Å². The third-order valence-corrected chi connectivity index (χ3v) is 4.16. The highest BCUT2D eigenvalue weighted by Gasteiger charge is 2.55. The molecule has 1 atom stereocenters. The van der Waals surface area contributed by atoms with Gasteiger partial charge >= 0.3 is 0 Å². The van der Waals surface area contributed by atoms with Crippen molar-refractivity contribution >= 4 is 38.5 Å². The molecule has 0 N–H and O–H groups in total. The van der Waals surface area contributed by atoms with Crippen LogP contribution in [-0.4, -0.2) is 23.6 Å². The van der Waals surface area contributed by atoms with E-state index in [0.29, 0.717) is 32.6 Å². The average molecular weight is 432 g/mol. The number of hydrogen-bond donors (Lipinski definition) is 0. The third-order valence-electron chi connectivity index (χ3n) is 3.07. The smallest absolute Gasteiger partial charge is 0.290 e. The molecule has 2 heterocycles. The van der Waals surface area contributed by atoms with Gasteiger partial charge in [-0.1, -0.05) is 0 Å². The number of halogens is 4. The Labute approximate surface area is 125 Å². The second-order valence-corrected chi connectivity index (χ2v) is 6.29. The van der Waals surface area contributed by atoms with Gasteiger partial charge in [-0.25, -0.2) is 13.8 Å². The summed E-state index contributed by atoms with van der Waals surface area (Å²) in [5.41, 5.74) is 0. The Morgan fingerprint density at radius 2 is 2.17 bits per heavy atom. The first-order chi connectivity index (χ1) is 8.48. The highest BCUT2D eigenvalue weighted by atomic mass is 127. The van der Waals surface area contributed by atoms with Crippen LogP contribution < -0.4 is 9.47 Å². The normalized spacial score (nSPS) is 23.0. The molecule has 1 aliphatic heterocycles. The summed E-state index contributed by atoms with van der Waals surface area (Å²) in [7, 11) is 0. The monoisotopic (exact) mass is 431 g/mol. The number of pyridine rings is 1. The summed E-state index contributed by atoms with van der Waals surface area (Å²) in [4.78, 5) is 4.13. The van der Waals surface area contributed by atoms with E-state index in [1.165, 1.54) is 0 Å². The molecular weight excluding hydrogens is 423 g/mol. The molecule has 1 aromatic rings. The maximum absolute atomic E-state index is 14.0. The molecule has 1 unspecified atom stereocenters. The molecule has 2 aliphatic rings. The largest absolute Gasteiger partial charge is 0.483 e. The lowest BCUT2D eigenvalue weighted by Gasteiger charge is -2.32. The number of alkyl halides is 2. The zero-order chi connectivity index (χ0) is 12.9. The Kier molecular flexibility index (Phi) is 3.16. The van der Waals surface area contributed by atoms with Crippen molar-refractivity contribution < 1.29 is 18.3 Å². The maximum atomic E-state index is 14.0. The maximum Gasteiger partial charge on any atom is 0.290 e. The first kappa shape index (κ1) is 12.8. The summed E-state index contributed by atoms with van der Waals surface area (Å²) in [5, 5.41) is 0. The second-order valence-electron chi connectivity index (χ2n) is 4.43. The van der Waals surface area contributed by atoms with E-state index in [1.54, 1.807) is 6.07 Å². The average Bonchev–Trinajstić information content (AvgIpc) is 3.11. The minimum absolute atomic E-state index is 0.141. The van der Waals surface area contributed by atoms with Gasteiger partial charge in [0, 0.05) is 12.0 Å². The van der Waals surface area contributed by atoms with Crippen molar-refractivity contribution in [2.45, 2.75) is 24.9 Å². The molecular formula is C11H9BrF2INO2. The van der Waals surface area contributed by atoms with E-state index in [-0.39, 0.29) is 6.61 Å². The van der Waals surface area contributed by atoms with Crippen LogP contribution in [0.2, 0.25) is 0 Å². The Balaban J connectivity index is 1.88. The van der Waals surface area contributed by atoms with Gasteiger partial charge < -0.3 is 9.47 Å². The first-order valence-electron chi connectivity index (χ1n) is 5.52. The van der Waals surface area contributed by atoms with Gasteiger partial charge in [0.1, 0.15) is 10.3 Å². The predicted octanol–water partition coefficient (Wildman–Crippen LogP) is 3.63. The van der Waals surface area contributed by atoms with E-state index < -0.39 is 17.9 Å². The number of fused-ring (bicyclic) bond motifs is 1. The molecule has 3 rings (SSSR count). The predicted molar refractivity (Wildman–Crippen MR) is 72.2 cm³/mol. The van der Waals surface area contributed by atoms with Gasteiger partial charge in [-0.3, -0.25) is 0 Å². The molecule has 0 saturated heterocycles. The summed E-state index contributed by atoms with van der Waals surface area (Å²) in [5.74, 6) is -2.65. The van der Waals surface area contributed by atoms with E-state index in [9.17, 15) is 8.78 Å². The van der Waals surface area contributed by atoms with E-state index in [0.717, 1.165) is 0 Å². The molecule has 0 bridgehead atoms. The third kappa shape index (κ3) is 2.19. The molecule has 1 aromatic heterocycles. The van der Waals surface area contributed by atoms with E-state index in [4.69, 9.17) is 9.47 Å². The van der Waals surface area contributed by atoms with Crippen LogP contribution in [-0.2, 0) is 0 Å². The van der Waals surface area contributed by atoms with Crippen molar-refractivity contribution in [1.29, 1.82) is 0 Å². The van der Waals surface area contributed by atoms with Crippen LogP contribution in [0.1, 0.15) is 12.8 Å². The van der Waals surface area contributed by atoms with Gasteiger partial charge in [0.2, 0.25) is 0 Å². The highest BCUT2D eigenvalue weighted by Crippen LogP contribution is 2.48. The lowest BCUT2D eigenvalue weighted by atomic mass is 10.1. The molecule has 0 amide bonds. The van der Waals surface area contributed by atoms with E-state index in [1.807, 2.05) is 22.6 Å². The Morgan fingerprint density at radius 1 is 1.44 bits per heavy atom. The summed E-state index contributed by atoms with van der Waals surface area (Å²) in [6.07, 6.45) is -0.0724. The van der Waals surface area contributed by atoms with Gasteiger partial charge in [-0.2, -0.15) is 0 Å². The highest BCUT2D eigenvalue weighted by molar-refractivity contribution is 14.1. The quantitative estimate of drug-likeness (QED) is 0.529. The molecule has 1 aliphatic carbocycles. The molecule has 3 nitrogen and oxygen atoms in total. The van der Waals surface area contributed by atoms with Gasteiger partial charge in [-0.05, 0) is 51.4 Å². The lowest BCUT2D eigenvalue weighted by Crippen LogP contribution is -2.46. The van der Waals surface area contributed by atoms with Crippen molar-refractivity contribution in [2.75, 3.05) is 6.61 Å². The summed E-state index contributed by atoms with van der Waals surface area (Å²) in [6, 6.07) is 1.61. The molecule has 18 heavy (non-hydrogen) atoms. The summed E-state index contributed by atoms with van der Waals surface area (Å²) >= 11 is 5.24. The molecule has 0 spiro atoms. The zero-order valence-electron chi connectivity index (χ0n) is 9.13. The van der Waals surface area contributed by atoms with E-state index >= 15 is 0 Å². The van der Waals surface area contributed by atoms with Gasteiger partial charge in [0.05, 0.1) is 0 Å². The summed E-state index contributed by atoms with van der Waals surface area (Å²) < 4.78 is 39.8. The van der Waals surface area contributed by atoms with Crippen LogP contribution in [0.5, 0.6) is 11.5 Å². The first-order valence-corrected chi connectivity index (χ1v) is 7.39. The van der Waals surface area contributed by atoms with E-state index in [2.05, 4.69) is 20.9 Å². The Morgan fingerprint density at radius 3 is 2.83 bits per heavy atom. The van der Waals surface area contributed by atoms with Crippen molar-refractivity contribution in [3.8, 4) is 11.5 Å². The number of hydrogen-bond acceptors (Lipinski definition) is 3. The minimum Gasteiger partial charge on any atom is -0.483 e. The van der Waals surface area contributed by atoms with Crippen molar-refractivity contribution in [3.63, 3.8) is 0 Å². The minimum atomic E-state index is -2.82. The molecule has 0 aromatic carbocycles. The number of ether oxygens (including phenoxy) is 2. The molecule has 7 heteroatoms. The van der Waals surface area contributed by atoms with Crippen LogP contribution in [0.25, 0.3) is 0 Å². The van der Waals surface area contributed by atoms with Gasteiger partial charge in [0.15, 0.2) is 22.2 Å². The van der Waals surface area contributed by atoms with Crippen LogP contribution in [0.15, 0.2) is 10.7 Å². The number of nitrogens with zero attached hydrogens (tertiary/aromatic N) is 1. The zero-order valence-corrected chi connectivity index (χ0v) is 12.9. The SMILES string of the molecule is FC(F)(C1CC1)C1COc2c(cc(I)nc2Br)O1. The Hall–Kier alpha value is -0.180. The van der Waals surface area contributed by atoms with Gasteiger partial charge in [-0.15, -0.1) is 0 Å². The van der Waals surface area contributed by atoms with Crippen molar-refractivity contribution in [1.82, 2.24) is 4.98 Å². The number of rotatable bonds is 2. The fourth-order valence-electron chi connectivity index (χ4n) is 1.94. The van der Waals surface area contributed by atoms with Crippen LogP contribution >= 0.6 is 38.5 Å². The number of aromatic nitrogens is 1. The standard InChI is InChI=1S/C11H9BrF2INO2/c12-10-9-6(3-8(15)16-10)18-7(4-17-9)11(13,14)5-1-2-5/h3,5,7H,1-2,4H2. The summed E-state index contributed by atoms with van der Waals surface area (Å²) in [6.45, 7) is -0.141. The van der Waals surface area contributed by atoms with Crippen LogP contribution in [0.4, 0.5) is 8.78 Å². The molecule has 98 valence electrons. The topological polar surface area (TPSA) is 31.4 Å². The second kappa shape index (κ2) is 4.43. The van der Waals surface area contributed by atoms with Crippen LogP contribution in [0.3, 0.4) is 0 Å². The molecule has 0 radical (unpaired) electrons. The Bertz CT molecular complexity index is 496. The molecule has 1 saturated carbocycles. The van der Waals surface area contributed by atoms with Crippen molar-refractivity contribution in [3.05, 3.63) is 14.4 Å². The fourth-order valence-corrected chi connectivity index (χ4v) is 3.29. The lowest BCUT2D eigenvalue weighted by molar-refractivity contribution is -0.133. The molecule has 1 fully saturated rings. The fraction of sp³-hybridized carbons (Fsp3) is 0.545. The van der Waals surface area contributed by atoms with Crippen LogP contribution in [0, 0.1) is 9.62 Å².